The van der Waals surface area contributed by atoms with Crippen molar-refractivity contribution in [2.45, 2.75) is 20.3 Å². The van der Waals surface area contributed by atoms with Gasteiger partial charge in [0, 0.05) is 29.7 Å². The molecule has 0 aliphatic rings. The van der Waals surface area contributed by atoms with Crippen molar-refractivity contribution in [2.24, 2.45) is 5.73 Å². The fourth-order valence-electron chi connectivity index (χ4n) is 1.66. The number of hydrogen-bond donors (Lipinski definition) is 1. The highest BCUT2D eigenvalue weighted by atomic mass is 79.9. The molecule has 0 unspecified atom stereocenters. The molecule has 0 atom stereocenters. The molecule has 1 rings (SSSR count). The summed E-state index contributed by atoms with van der Waals surface area (Å²) in [6.45, 7) is 5.03. The predicted molar refractivity (Wildman–Crippen MR) is 70.6 cm³/mol. The zero-order chi connectivity index (χ0) is 12.1. The largest absolute Gasteiger partial charge is 0.330 e. The van der Waals surface area contributed by atoms with E-state index in [1.165, 1.54) is 0 Å². The van der Waals surface area contributed by atoms with Crippen molar-refractivity contribution >= 4 is 27.5 Å². The monoisotopic (exact) mass is 284 g/mol. The van der Waals surface area contributed by atoms with Gasteiger partial charge in [0.2, 0.25) is 5.91 Å². The van der Waals surface area contributed by atoms with Crippen LogP contribution in [-0.4, -0.2) is 19.0 Å². The van der Waals surface area contributed by atoms with E-state index < -0.39 is 0 Å². The predicted octanol–water partition coefficient (Wildman–Crippen LogP) is 2.46. The molecule has 0 spiro atoms. The number of nitrogens with zero attached hydrogens (tertiary/aromatic N) is 1. The maximum Gasteiger partial charge on any atom is 0.228 e. The minimum Gasteiger partial charge on any atom is -0.330 e. The van der Waals surface area contributed by atoms with E-state index in [0.717, 1.165) is 15.7 Å². The molecule has 4 heteroatoms. The number of aryl methyl sites for hydroxylation is 1. The minimum atomic E-state index is 0.0791. The molecule has 0 fully saturated rings. The first-order valence-electron chi connectivity index (χ1n) is 5.36. The quantitative estimate of drug-likeness (QED) is 0.923. The number of amides is 1. The molecule has 0 aliphatic carbocycles. The van der Waals surface area contributed by atoms with Crippen LogP contribution in [0.4, 0.5) is 5.69 Å². The van der Waals surface area contributed by atoms with E-state index in [4.69, 9.17) is 5.73 Å². The summed E-state index contributed by atoms with van der Waals surface area (Å²) in [5.41, 5.74) is 7.45. The Bertz CT molecular complexity index is 379. The molecule has 16 heavy (non-hydrogen) atoms. The van der Waals surface area contributed by atoms with Crippen LogP contribution in [0.5, 0.6) is 0 Å². The van der Waals surface area contributed by atoms with Gasteiger partial charge in [-0.25, -0.2) is 0 Å². The van der Waals surface area contributed by atoms with Crippen LogP contribution in [0, 0.1) is 6.92 Å². The Morgan fingerprint density at radius 3 is 2.69 bits per heavy atom. The van der Waals surface area contributed by atoms with E-state index in [2.05, 4.69) is 15.9 Å². The van der Waals surface area contributed by atoms with Crippen LogP contribution in [0.2, 0.25) is 0 Å². The number of rotatable bonds is 4. The molecule has 0 aromatic heterocycles. The summed E-state index contributed by atoms with van der Waals surface area (Å²) in [5.74, 6) is 0.0791. The van der Waals surface area contributed by atoms with Crippen molar-refractivity contribution in [3.63, 3.8) is 0 Å². The normalized spacial score (nSPS) is 10.2. The number of anilines is 1. The number of carbonyl (C=O) groups excluding carboxylic acids is 1. The summed E-state index contributed by atoms with van der Waals surface area (Å²) in [5, 5.41) is 0. The maximum atomic E-state index is 11.8. The lowest BCUT2D eigenvalue weighted by Gasteiger charge is -2.23. The average molecular weight is 285 g/mol. The Morgan fingerprint density at radius 1 is 1.50 bits per heavy atom. The van der Waals surface area contributed by atoms with E-state index in [-0.39, 0.29) is 5.91 Å². The van der Waals surface area contributed by atoms with Crippen LogP contribution in [0.25, 0.3) is 0 Å². The van der Waals surface area contributed by atoms with Crippen LogP contribution < -0.4 is 10.6 Å². The van der Waals surface area contributed by atoms with Crippen molar-refractivity contribution in [3.8, 4) is 0 Å². The van der Waals surface area contributed by atoms with Crippen LogP contribution in [-0.2, 0) is 4.79 Å². The lowest BCUT2D eigenvalue weighted by Crippen LogP contribution is -2.32. The van der Waals surface area contributed by atoms with Crippen molar-refractivity contribution in [2.75, 3.05) is 18.0 Å². The zero-order valence-electron chi connectivity index (χ0n) is 9.66. The SMILES string of the molecule is CCN(C(=O)CCN)c1ccc(Br)cc1C. The van der Waals surface area contributed by atoms with E-state index in [1.54, 1.807) is 4.90 Å². The average Bonchev–Trinajstić information content (AvgIpc) is 2.22. The summed E-state index contributed by atoms with van der Waals surface area (Å²) in [6, 6.07) is 5.91. The fourth-order valence-corrected chi connectivity index (χ4v) is 2.14. The standard InChI is InChI=1S/C12H17BrN2O/c1-3-15(12(16)6-7-14)11-5-4-10(13)8-9(11)2/h4-5,8H,3,6-7,14H2,1-2H3. The molecule has 0 heterocycles. The van der Waals surface area contributed by atoms with Gasteiger partial charge in [-0.3, -0.25) is 4.79 Å². The molecule has 0 bridgehead atoms. The van der Waals surface area contributed by atoms with Crippen molar-refractivity contribution in [1.82, 2.24) is 0 Å². The Kier molecular flexibility index (Phi) is 4.96. The highest BCUT2D eigenvalue weighted by Crippen LogP contribution is 2.24. The number of nitrogens with two attached hydrogens (primary N) is 1. The molecule has 88 valence electrons. The first-order valence-corrected chi connectivity index (χ1v) is 6.16. The first-order chi connectivity index (χ1) is 7.60. The van der Waals surface area contributed by atoms with Gasteiger partial charge in [0.1, 0.15) is 0 Å². The van der Waals surface area contributed by atoms with E-state index in [0.29, 0.717) is 19.5 Å². The third kappa shape index (κ3) is 3.06. The van der Waals surface area contributed by atoms with Crippen LogP contribution in [0.3, 0.4) is 0 Å². The second-order valence-corrected chi connectivity index (χ2v) is 4.52. The lowest BCUT2D eigenvalue weighted by molar-refractivity contribution is -0.118. The minimum absolute atomic E-state index is 0.0791. The van der Waals surface area contributed by atoms with Gasteiger partial charge in [0.05, 0.1) is 0 Å². The van der Waals surface area contributed by atoms with Crippen molar-refractivity contribution in [3.05, 3.63) is 28.2 Å². The Balaban J connectivity index is 2.99. The molecule has 0 saturated heterocycles. The molecule has 2 N–H and O–H groups in total. The smallest absolute Gasteiger partial charge is 0.228 e. The molecular weight excluding hydrogens is 268 g/mol. The molecule has 0 aliphatic heterocycles. The van der Waals surface area contributed by atoms with E-state index >= 15 is 0 Å². The third-order valence-electron chi connectivity index (χ3n) is 2.43. The Labute approximate surface area is 105 Å². The summed E-state index contributed by atoms with van der Waals surface area (Å²) in [7, 11) is 0. The Morgan fingerprint density at radius 2 is 2.19 bits per heavy atom. The molecule has 1 aromatic rings. The highest BCUT2D eigenvalue weighted by Gasteiger charge is 2.14. The van der Waals surface area contributed by atoms with Crippen LogP contribution in [0.1, 0.15) is 18.9 Å². The molecule has 1 aromatic carbocycles. The molecule has 0 radical (unpaired) electrons. The van der Waals surface area contributed by atoms with Crippen molar-refractivity contribution in [1.29, 1.82) is 0 Å². The number of carbonyl (C=O) groups is 1. The Hall–Kier alpha value is -0.870. The van der Waals surface area contributed by atoms with Gasteiger partial charge in [0.15, 0.2) is 0 Å². The van der Waals surface area contributed by atoms with Gasteiger partial charge < -0.3 is 10.6 Å². The number of hydrogen-bond acceptors (Lipinski definition) is 2. The zero-order valence-corrected chi connectivity index (χ0v) is 11.3. The maximum absolute atomic E-state index is 11.8. The fraction of sp³-hybridized carbons (Fsp3) is 0.417. The van der Waals surface area contributed by atoms with Gasteiger partial charge >= 0.3 is 0 Å². The second-order valence-electron chi connectivity index (χ2n) is 3.61. The highest BCUT2D eigenvalue weighted by molar-refractivity contribution is 9.10. The lowest BCUT2D eigenvalue weighted by atomic mass is 10.1. The topological polar surface area (TPSA) is 46.3 Å². The van der Waals surface area contributed by atoms with E-state index in [1.807, 2.05) is 32.0 Å². The molecule has 3 nitrogen and oxygen atoms in total. The van der Waals surface area contributed by atoms with Crippen LogP contribution in [0.15, 0.2) is 22.7 Å². The molecule has 1 amide bonds. The summed E-state index contributed by atoms with van der Waals surface area (Å²) < 4.78 is 1.02. The third-order valence-corrected chi connectivity index (χ3v) is 2.92. The molecule has 0 saturated carbocycles. The summed E-state index contributed by atoms with van der Waals surface area (Å²) in [4.78, 5) is 13.6. The second kappa shape index (κ2) is 6.01. The first kappa shape index (κ1) is 13.2. The van der Waals surface area contributed by atoms with Gasteiger partial charge in [-0.15, -0.1) is 0 Å². The van der Waals surface area contributed by atoms with Gasteiger partial charge in [-0.2, -0.15) is 0 Å². The molecular formula is C12H17BrN2O. The summed E-state index contributed by atoms with van der Waals surface area (Å²) >= 11 is 3.41. The number of benzene rings is 1. The van der Waals surface area contributed by atoms with Gasteiger partial charge in [-0.1, -0.05) is 15.9 Å². The summed E-state index contributed by atoms with van der Waals surface area (Å²) in [6.07, 6.45) is 0.392. The van der Waals surface area contributed by atoms with Crippen LogP contribution >= 0.6 is 15.9 Å². The van der Waals surface area contributed by atoms with Crippen molar-refractivity contribution < 1.29 is 4.79 Å². The van der Waals surface area contributed by atoms with Gasteiger partial charge in [-0.05, 0) is 37.6 Å². The van der Waals surface area contributed by atoms with Gasteiger partial charge in [0.25, 0.3) is 0 Å². The number of halogens is 1. The van der Waals surface area contributed by atoms with E-state index in [9.17, 15) is 4.79 Å².